The van der Waals surface area contributed by atoms with E-state index in [4.69, 9.17) is 10.5 Å². The Morgan fingerprint density at radius 2 is 2.14 bits per heavy atom. The fourth-order valence-corrected chi connectivity index (χ4v) is 2.18. The minimum atomic E-state index is -0.490. The number of carbonyl (C=O) groups excluding carboxylic acids is 1. The molecule has 1 aromatic heterocycles. The first kappa shape index (κ1) is 13.4. The predicted molar refractivity (Wildman–Crippen MR) is 79.7 cm³/mol. The summed E-state index contributed by atoms with van der Waals surface area (Å²) in [6, 6.07) is 7.24. The highest BCUT2D eigenvalue weighted by molar-refractivity contribution is 5.90. The van der Waals surface area contributed by atoms with E-state index in [9.17, 15) is 4.79 Å². The van der Waals surface area contributed by atoms with Crippen LogP contribution in [0.5, 0.6) is 0 Å². The number of amides is 1. The molecule has 6 nitrogen and oxygen atoms in total. The van der Waals surface area contributed by atoms with Gasteiger partial charge in [-0.3, -0.25) is 5.32 Å². The van der Waals surface area contributed by atoms with Crippen molar-refractivity contribution < 1.29 is 9.53 Å². The molecule has 2 heterocycles. The van der Waals surface area contributed by atoms with Crippen LogP contribution in [0.15, 0.2) is 42.6 Å². The molecule has 108 valence electrons. The summed E-state index contributed by atoms with van der Waals surface area (Å²) >= 11 is 0. The van der Waals surface area contributed by atoms with Gasteiger partial charge in [0.1, 0.15) is 12.4 Å². The van der Waals surface area contributed by atoms with Crippen LogP contribution in [0.3, 0.4) is 0 Å². The molecule has 0 saturated heterocycles. The molecular weight excluding hydrogens is 268 g/mol. The molecule has 0 saturated carbocycles. The van der Waals surface area contributed by atoms with Gasteiger partial charge in [0.2, 0.25) is 0 Å². The van der Waals surface area contributed by atoms with Crippen LogP contribution >= 0.6 is 0 Å². The smallest absolute Gasteiger partial charge is 0.411 e. The second kappa shape index (κ2) is 5.80. The Kier molecular flexibility index (Phi) is 3.70. The van der Waals surface area contributed by atoms with Gasteiger partial charge < -0.3 is 15.5 Å². The topological polar surface area (TPSA) is 93.0 Å². The average Bonchev–Trinajstić information content (AvgIpc) is 2.96. The van der Waals surface area contributed by atoms with Crippen molar-refractivity contribution >= 4 is 11.8 Å². The Hall–Kier alpha value is -2.60. The number of imidazole rings is 1. The van der Waals surface area contributed by atoms with Gasteiger partial charge in [-0.25, -0.2) is 9.78 Å². The van der Waals surface area contributed by atoms with E-state index in [0.29, 0.717) is 12.1 Å². The summed E-state index contributed by atoms with van der Waals surface area (Å²) in [4.78, 5) is 19.3. The maximum atomic E-state index is 11.8. The summed E-state index contributed by atoms with van der Waals surface area (Å²) in [5.41, 5.74) is 8.39. The zero-order valence-electron chi connectivity index (χ0n) is 11.4. The van der Waals surface area contributed by atoms with Crippen LogP contribution in [0.2, 0.25) is 0 Å². The number of nitrogens with zero attached hydrogens (tertiary/aromatic N) is 1. The van der Waals surface area contributed by atoms with E-state index < -0.39 is 6.09 Å². The van der Waals surface area contributed by atoms with Crippen molar-refractivity contribution in [2.24, 2.45) is 5.73 Å². The molecule has 4 N–H and O–H groups in total. The second-order valence-corrected chi connectivity index (χ2v) is 4.76. The van der Waals surface area contributed by atoms with Gasteiger partial charge in [-0.1, -0.05) is 30.4 Å². The Morgan fingerprint density at radius 3 is 3.05 bits per heavy atom. The quantitative estimate of drug-likeness (QED) is 0.648. The lowest BCUT2D eigenvalue weighted by Crippen LogP contribution is -2.14. The normalized spacial score (nSPS) is 20.0. The molecule has 0 radical (unpaired) electrons. The third kappa shape index (κ3) is 2.95. The zero-order chi connectivity index (χ0) is 14.7. The van der Waals surface area contributed by atoms with Gasteiger partial charge in [0.15, 0.2) is 0 Å². The molecule has 1 aliphatic heterocycles. The number of H-pyrrole nitrogens is 1. The van der Waals surface area contributed by atoms with E-state index in [2.05, 4.69) is 15.3 Å². The summed E-state index contributed by atoms with van der Waals surface area (Å²) in [6.45, 7) is 0.212. The average molecular weight is 284 g/mol. The molecule has 1 aromatic carbocycles. The van der Waals surface area contributed by atoms with Gasteiger partial charge in [0.25, 0.3) is 0 Å². The number of para-hydroxylation sites is 1. The van der Waals surface area contributed by atoms with Crippen LogP contribution in [0.4, 0.5) is 10.5 Å². The van der Waals surface area contributed by atoms with E-state index in [1.165, 1.54) is 0 Å². The van der Waals surface area contributed by atoms with Crippen molar-refractivity contribution in [3.63, 3.8) is 0 Å². The van der Waals surface area contributed by atoms with E-state index >= 15 is 0 Å². The molecule has 0 aliphatic carbocycles. The summed E-state index contributed by atoms with van der Waals surface area (Å²) in [6.07, 6.45) is 5.50. The summed E-state index contributed by atoms with van der Waals surface area (Å²) in [5.74, 6) is 0.718. The number of nitrogens with two attached hydrogens (primary N) is 1. The van der Waals surface area contributed by atoms with Crippen LogP contribution in [0.25, 0.3) is 11.3 Å². The first-order valence-electron chi connectivity index (χ1n) is 6.72. The number of benzene rings is 1. The molecule has 1 atom stereocenters. The van der Waals surface area contributed by atoms with E-state index in [1.807, 2.05) is 30.3 Å². The number of aromatic nitrogens is 2. The highest BCUT2D eigenvalue weighted by Crippen LogP contribution is 2.27. The molecule has 3 rings (SSSR count). The number of carbonyl (C=O) groups is 1. The molecule has 0 fully saturated rings. The van der Waals surface area contributed by atoms with Crippen molar-refractivity contribution in [1.82, 2.24) is 9.97 Å². The van der Waals surface area contributed by atoms with E-state index in [0.717, 1.165) is 17.1 Å². The lowest BCUT2D eigenvalue weighted by atomic mass is 10.1. The molecule has 0 unspecified atom stereocenters. The second-order valence-electron chi connectivity index (χ2n) is 4.76. The van der Waals surface area contributed by atoms with Crippen molar-refractivity contribution in [2.75, 3.05) is 11.9 Å². The fraction of sp³-hybridized carbons (Fsp3) is 0.200. The zero-order valence-corrected chi connectivity index (χ0v) is 11.4. The molecule has 6 heteroatoms. The van der Waals surface area contributed by atoms with E-state index in [1.54, 1.807) is 12.3 Å². The van der Waals surface area contributed by atoms with E-state index in [-0.39, 0.29) is 12.6 Å². The lowest BCUT2D eigenvalue weighted by molar-refractivity contribution is 0.174. The molecule has 1 amide bonds. The van der Waals surface area contributed by atoms with Crippen molar-refractivity contribution in [3.8, 4) is 11.3 Å². The Balaban J connectivity index is 2.03. The van der Waals surface area contributed by atoms with Gasteiger partial charge in [0, 0.05) is 5.56 Å². The maximum Gasteiger partial charge on any atom is 0.411 e. The SMILES string of the molecule is N[C@H]1C/C=C/COC(=O)Nc2ccccc2-c2cnc1[nH]2. The Morgan fingerprint density at radius 1 is 1.29 bits per heavy atom. The third-order valence-corrected chi connectivity index (χ3v) is 3.27. The van der Waals surface area contributed by atoms with Crippen molar-refractivity contribution in [2.45, 2.75) is 12.5 Å². The summed E-state index contributed by atoms with van der Waals surface area (Å²) < 4.78 is 5.08. The van der Waals surface area contributed by atoms with Gasteiger partial charge in [-0.05, 0) is 12.5 Å². The van der Waals surface area contributed by atoms with Crippen LogP contribution in [0.1, 0.15) is 18.3 Å². The molecule has 2 bridgehead atoms. The minimum Gasteiger partial charge on any atom is -0.445 e. The number of aromatic amines is 1. The molecule has 21 heavy (non-hydrogen) atoms. The standard InChI is InChI=1S/C15H16N4O2/c16-11-6-3-4-8-21-15(20)19-12-7-2-1-5-10(12)13-9-17-14(11)18-13/h1-5,7,9,11H,6,8,16H2,(H,17,18)(H,19,20)/b4-3+/t11-/m0/s1. The van der Waals surface area contributed by atoms with Crippen LogP contribution in [0, 0.1) is 0 Å². The Bertz CT molecular complexity index is 678. The number of hydrogen-bond donors (Lipinski definition) is 3. The number of fused-ring (bicyclic) bond motifs is 4. The van der Waals surface area contributed by atoms with Crippen molar-refractivity contribution in [1.29, 1.82) is 0 Å². The molecular formula is C15H16N4O2. The monoisotopic (exact) mass is 284 g/mol. The lowest BCUT2D eigenvalue weighted by Gasteiger charge is -2.09. The highest BCUT2D eigenvalue weighted by atomic mass is 16.5. The van der Waals surface area contributed by atoms with Crippen LogP contribution in [-0.4, -0.2) is 22.7 Å². The number of anilines is 1. The third-order valence-electron chi connectivity index (χ3n) is 3.27. The van der Waals surface area contributed by atoms with Gasteiger partial charge in [-0.2, -0.15) is 0 Å². The number of nitrogens with one attached hydrogen (secondary N) is 2. The van der Waals surface area contributed by atoms with Gasteiger partial charge in [-0.15, -0.1) is 0 Å². The first-order valence-corrected chi connectivity index (χ1v) is 6.72. The molecule has 0 spiro atoms. The van der Waals surface area contributed by atoms with Gasteiger partial charge in [0.05, 0.1) is 23.6 Å². The molecule has 2 aromatic rings. The number of ether oxygens (including phenoxy) is 1. The number of hydrogen-bond acceptors (Lipinski definition) is 4. The molecule has 1 aliphatic rings. The summed E-state index contributed by atoms with van der Waals surface area (Å²) in [7, 11) is 0. The predicted octanol–water partition coefficient (Wildman–Crippen LogP) is 2.58. The van der Waals surface area contributed by atoms with Crippen LogP contribution < -0.4 is 11.1 Å². The fourth-order valence-electron chi connectivity index (χ4n) is 2.18. The number of rotatable bonds is 0. The summed E-state index contributed by atoms with van der Waals surface area (Å²) in [5, 5.41) is 2.73. The first-order chi connectivity index (χ1) is 10.2. The Labute approximate surface area is 122 Å². The largest absolute Gasteiger partial charge is 0.445 e. The maximum absolute atomic E-state index is 11.8. The minimum absolute atomic E-state index is 0.212. The van der Waals surface area contributed by atoms with Gasteiger partial charge >= 0.3 is 6.09 Å². The van der Waals surface area contributed by atoms with Crippen LogP contribution in [-0.2, 0) is 4.74 Å². The van der Waals surface area contributed by atoms with Crippen molar-refractivity contribution in [3.05, 3.63) is 48.4 Å². The highest BCUT2D eigenvalue weighted by Gasteiger charge is 2.14. The number of cyclic esters (lactones) is 1.